The zero-order valence-corrected chi connectivity index (χ0v) is 15.8. The van der Waals surface area contributed by atoms with E-state index in [-0.39, 0.29) is 29.0 Å². The second-order valence-electron chi connectivity index (χ2n) is 5.33. The monoisotopic (exact) mass is 405 g/mol. The van der Waals surface area contributed by atoms with E-state index in [0.29, 0.717) is 4.47 Å². The molecule has 0 aliphatic rings. The van der Waals surface area contributed by atoms with Crippen LogP contribution in [-0.4, -0.2) is 51.2 Å². The van der Waals surface area contributed by atoms with Crippen LogP contribution in [0.3, 0.4) is 0 Å². The van der Waals surface area contributed by atoms with Crippen molar-refractivity contribution in [3.63, 3.8) is 0 Å². The first-order valence-electron chi connectivity index (χ1n) is 6.85. The van der Waals surface area contributed by atoms with Gasteiger partial charge in [0.05, 0.1) is 17.0 Å². The molecule has 2 N–H and O–H groups in total. The molecular weight excluding hydrogens is 386 g/mol. The number of halogens is 1. The third kappa shape index (κ3) is 5.29. The van der Waals surface area contributed by atoms with E-state index in [4.69, 9.17) is 0 Å². The van der Waals surface area contributed by atoms with Gasteiger partial charge in [-0.2, -0.15) is 0 Å². The normalized spacial score (nSPS) is 11.6. The second kappa shape index (κ2) is 7.89. The summed E-state index contributed by atoms with van der Waals surface area (Å²) in [6, 6.07) is 4.13. The molecule has 0 saturated carbocycles. The van der Waals surface area contributed by atoms with Gasteiger partial charge in [0.25, 0.3) is 5.91 Å². The Balaban J connectivity index is 2.96. The Labute approximate surface area is 144 Å². The molecule has 1 aromatic carbocycles. The lowest BCUT2D eigenvalue weighted by molar-refractivity contribution is -0.120. The predicted octanol–water partition coefficient (Wildman–Crippen LogP) is 0.954. The smallest absolute Gasteiger partial charge is 0.252 e. The molecule has 0 heterocycles. The van der Waals surface area contributed by atoms with E-state index >= 15 is 0 Å². The molecule has 0 aliphatic heterocycles. The third-order valence-corrected chi connectivity index (χ3v) is 5.32. The summed E-state index contributed by atoms with van der Waals surface area (Å²) in [6.45, 7) is 3.44. The second-order valence-corrected chi connectivity index (χ2v) is 8.34. The molecule has 0 unspecified atom stereocenters. The molecule has 0 saturated heterocycles. The van der Waals surface area contributed by atoms with Crippen LogP contribution in [-0.2, 0) is 14.8 Å². The summed E-state index contributed by atoms with van der Waals surface area (Å²) in [6.07, 6.45) is 0. The fraction of sp³-hybridized carbons (Fsp3) is 0.429. The molecule has 9 heteroatoms. The number of carbonyl (C=O) groups is 2. The highest BCUT2D eigenvalue weighted by molar-refractivity contribution is 9.10. The molecule has 2 amide bonds. The highest BCUT2D eigenvalue weighted by Crippen LogP contribution is 2.22. The van der Waals surface area contributed by atoms with Gasteiger partial charge in [0.1, 0.15) is 0 Å². The third-order valence-electron chi connectivity index (χ3n) is 2.82. The van der Waals surface area contributed by atoms with Crippen LogP contribution in [0.4, 0.5) is 0 Å². The van der Waals surface area contributed by atoms with Crippen LogP contribution in [0.1, 0.15) is 24.2 Å². The number of hydrogen-bond donors (Lipinski definition) is 2. The van der Waals surface area contributed by atoms with E-state index in [1.54, 1.807) is 0 Å². The molecule has 0 radical (unpaired) electrons. The molecule has 0 fully saturated rings. The first-order chi connectivity index (χ1) is 10.6. The molecule has 0 atom stereocenters. The molecule has 1 aromatic rings. The first-order valence-corrected chi connectivity index (χ1v) is 9.08. The summed E-state index contributed by atoms with van der Waals surface area (Å²) >= 11 is 3.21. The lowest BCUT2D eigenvalue weighted by Gasteiger charge is -2.13. The Morgan fingerprint density at radius 3 is 2.39 bits per heavy atom. The van der Waals surface area contributed by atoms with E-state index in [2.05, 4.69) is 26.6 Å². The summed E-state index contributed by atoms with van der Waals surface area (Å²) < 4.78 is 25.7. The van der Waals surface area contributed by atoms with Gasteiger partial charge in [-0.15, -0.1) is 0 Å². The lowest BCUT2D eigenvalue weighted by Crippen LogP contribution is -2.39. The Bertz CT molecular complexity index is 702. The van der Waals surface area contributed by atoms with E-state index in [1.165, 1.54) is 32.3 Å². The van der Waals surface area contributed by atoms with Crippen LogP contribution in [0.5, 0.6) is 0 Å². The van der Waals surface area contributed by atoms with E-state index in [1.807, 2.05) is 13.8 Å². The molecule has 23 heavy (non-hydrogen) atoms. The van der Waals surface area contributed by atoms with Crippen LogP contribution in [0.15, 0.2) is 27.6 Å². The van der Waals surface area contributed by atoms with Gasteiger partial charge in [0.2, 0.25) is 15.9 Å². The van der Waals surface area contributed by atoms with Crippen LogP contribution < -0.4 is 10.6 Å². The maximum atomic E-state index is 12.2. The van der Waals surface area contributed by atoms with Crippen molar-refractivity contribution in [3.8, 4) is 0 Å². The molecular formula is C14H20BrN3O4S. The Morgan fingerprint density at radius 2 is 1.87 bits per heavy atom. The number of nitrogens with zero attached hydrogens (tertiary/aromatic N) is 1. The van der Waals surface area contributed by atoms with Gasteiger partial charge in [-0.3, -0.25) is 9.59 Å². The predicted molar refractivity (Wildman–Crippen MR) is 90.6 cm³/mol. The molecule has 128 valence electrons. The van der Waals surface area contributed by atoms with Gasteiger partial charge >= 0.3 is 0 Å². The SMILES string of the molecule is CC(C)NC(=O)CNC(=O)c1cc(S(=O)(=O)N(C)C)ccc1Br. The summed E-state index contributed by atoms with van der Waals surface area (Å²) in [5, 5.41) is 5.11. The van der Waals surface area contributed by atoms with Crippen molar-refractivity contribution < 1.29 is 18.0 Å². The highest BCUT2D eigenvalue weighted by atomic mass is 79.9. The van der Waals surface area contributed by atoms with Crippen LogP contribution >= 0.6 is 15.9 Å². The Morgan fingerprint density at radius 1 is 1.26 bits per heavy atom. The molecule has 0 aliphatic carbocycles. The average molecular weight is 406 g/mol. The maximum Gasteiger partial charge on any atom is 0.252 e. The number of carbonyl (C=O) groups excluding carboxylic acids is 2. The zero-order chi connectivity index (χ0) is 17.8. The number of hydrogen-bond acceptors (Lipinski definition) is 4. The molecule has 0 aromatic heterocycles. The molecule has 1 rings (SSSR count). The number of rotatable bonds is 6. The molecule has 7 nitrogen and oxygen atoms in total. The van der Waals surface area contributed by atoms with Crippen LogP contribution in [0, 0.1) is 0 Å². The van der Waals surface area contributed by atoms with Crippen molar-refractivity contribution >= 4 is 37.8 Å². The van der Waals surface area contributed by atoms with Crippen molar-refractivity contribution in [1.29, 1.82) is 0 Å². The van der Waals surface area contributed by atoms with Crippen molar-refractivity contribution in [2.75, 3.05) is 20.6 Å². The fourth-order valence-electron chi connectivity index (χ4n) is 1.68. The van der Waals surface area contributed by atoms with Crippen molar-refractivity contribution in [3.05, 3.63) is 28.2 Å². The maximum absolute atomic E-state index is 12.2. The molecule has 0 spiro atoms. The summed E-state index contributed by atoms with van der Waals surface area (Å²) in [5.41, 5.74) is 0.144. The lowest BCUT2D eigenvalue weighted by atomic mass is 10.2. The summed E-state index contributed by atoms with van der Waals surface area (Å²) in [7, 11) is -0.823. The van der Waals surface area contributed by atoms with E-state index < -0.39 is 15.9 Å². The van der Waals surface area contributed by atoms with Crippen molar-refractivity contribution in [2.45, 2.75) is 24.8 Å². The summed E-state index contributed by atoms with van der Waals surface area (Å²) in [5.74, 6) is -0.854. The number of sulfonamides is 1. The van der Waals surface area contributed by atoms with Gasteiger partial charge in [-0.25, -0.2) is 12.7 Å². The number of benzene rings is 1. The van der Waals surface area contributed by atoms with Crippen LogP contribution in [0.2, 0.25) is 0 Å². The number of amides is 2. The topological polar surface area (TPSA) is 95.6 Å². The van der Waals surface area contributed by atoms with Gasteiger partial charge in [-0.05, 0) is 48.0 Å². The summed E-state index contributed by atoms with van der Waals surface area (Å²) in [4.78, 5) is 23.7. The minimum absolute atomic E-state index is 0.00230. The first kappa shape index (κ1) is 19.6. The Kier molecular flexibility index (Phi) is 6.72. The quantitative estimate of drug-likeness (QED) is 0.736. The van der Waals surface area contributed by atoms with Gasteiger partial charge in [0, 0.05) is 24.6 Å². The van der Waals surface area contributed by atoms with Gasteiger partial charge in [0.15, 0.2) is 0 Å². The standard InChI is InChI=1S/C14H20BrN3O4S/c1-9(2)17-13(19)8-16-14(20)11-7-10(5-6-12(11)15)23(21,22)18(3)4/h5-7,9H,8H2,1-4H3,(H,16,20)(H,17,19). The van der Waals surface area contributed by atoms with Gasteiger partial charge < -0.3 is 10.6 Å². The van der Waals surface area contributed by atoms with Gasteiger partial charge in [-0.1, -0.05) is 0 Å². The fourth-order valence-corrected chi connectivity index (χ4v) is 3.03. The minimum Gasteiger partial charge on any atom is -0.352 e. The Hall–Kier alpha value is -1.45. The molecule has 0 bridgehead atoms. The minimum atomic E-state index is -3.64. The van der Waals surface area contributed by atoms with E-state index in [0.717, 1.165) is 4.31 Å². The van der Waals surface area contributed by atoms with E-state index in [9.17, 15) is 18.0 Å². The number of nitrogens with one attached hydrogen (secondary N) is 2. The van der Waals surface area contributed by atoms with Crippen molar-refractivity contribution in [2.24, 2.45) is 0 Å². The zero-order valence-electron chi connectivity index (χ0n) is 13.4. The highest BCUT2D eigenvalue weighted by Gasteiger charge is 2.20. The average Bonchev–Trinajstić information content (AvgIpc) is 2.44. The van der Waals surface area contributed by atoms with Crippen LogP contribution in [0.25, 0.3) is 0 Å². The van der Waals surface area contributed by atoms with Crippen molar-refractivity contribution in [1.82, 2.24) is 14.9 Å². The largest absolute Gasteiger partial charge is 0.352 e.